The molecule has 0 saturated carbocycles. The molecule has 0 aliphatic rings. The van der Waals surface area contributed by atoms with Crippen molar-refractivity contribution >= 4 is 44.8 Å². The molecular weight excluding hydrogens is 383 g/mol. The van der Waals surface area contributed by atoms with Crippen LogP contribution in [0.25, 0.3) is 0 Å². The monoisotopic (exact) mass is 400 g/mol. The topological polar surface area (TPSA) is 66.5 Å². The second-order valence-corrected chi connectivity index (χ2v) is 8.62. The maximum absolute atomic E-state index is 12.4. The highest BCUT2D eigenvalue weighted by Gasteiger charge is 2.22. The van der Waals surface area contributed by atoms with Crippen molar-refractivity contribution in [3.05, 3.63) is 58.1 Å². The van der Waals surface area contributed by atoms with E-state index in [1.165, 1.54) is 53.8 Å². The molecule has 2 aromatic carbocycles. The van der Waals surface area contributed by atoms with E-state index in [0.29, 0.717) is 21.3 Å². The van der Waals surface area contributed by atoms with Gasteiger partial charge in [-0.1, -0.05) is 23.2 Å². The molecule has 0 aliphatic carbocycles. The number of carbonyl (C=O) groups excluding carboxylic acids is 1. The van der Waals surface area contributed by atoms with E-state index in [1.54, 1.807) is 13.8 Å². The molecule has 5 nitrogen and oxygen atoms in total. The average Bonchev–Trinajstić information content (AvgIpc) is 2.53. The molecular formula is C17H18Cl2N2O3S. The second-order valence-electron chi connectivity index (χ2n) is 5.75. The maximum Gasteiger partial charge on any atom is 0.255 e. The number of hydrogen-bond donors (Lipinski definition) is 1. The normalized spacial score (nSPS) is 11.8. The highest BCUT2D eigenvalue weighted by molar-refractivity contribution is 7.89. The van der Waals surface area contributed by atoms with Gasteiger partial charge in [-0.15, -0.1) is 0 Å². The van der Waals surface area contributed by atoms with Crippen LogP contribution in [-0.4, -0.2) is 31.7 Å². The Labute approximate surface area is 157 Å². The van der Waals surface area contributed by atoms with E-state index in [1.807, 2.05) is 0 Å². The van der Waals surface area contributed by atoms with E-state index in [4.69, 9.17) is 23.2 Å². The summed E-state index contributed by atoms with van der Waals surface area (Å²) in [5, 5.41) is 3.39. The van der Waals surface area contributed by atoms with E-state index in [9.17, 15) is 13.2 Å². The van der Waals surface area contributed by atoms with Crippen LogP contribution in [0.2, 0.25) is 10.0 Å². The molecule has 0 fully saturated rings. The zero-order chi connectivity index (χ0) is 18.8. The van der Waals surface area contributed by atoms with E-state index in [0.717, 1.165) is 0 Å². The number of halogens is 2. The number of hydrogen-bond acceptors (Lipinski definition) is 3. The third kappa shape index (κ3) is 4.73. The zero-order valence-corrected chi connectivity index (χ0v) is 16.3. The third-order valence-electron chi connectivity index (χ3n) is 3.64. The molecule has 0 saturated heterocycles. The van der Waals surface area contributed by atoms with Crippen molar-refractivity contribution in [2.45, 2.75) is 24.8 Å². The van der Waals surface area contributed by atoms with E-state index >= 15 is 0 Å². The maximum atomic E-state index is 12.4. The number of nitrogens with zero attached hydrogens (tertiary/aromatic N) is 1. The standard InChI is InChI=1S/C17H18Cl2N2O3S/c1-11(2)21(3)25(23,24)16-6-4-15(5-7-16)20-17(22)12-8-13(18)10-14(19)9-12/h4-11H,1-3H3,(H,20,22). The Bertz CT molecular complexity index is 861. The van der Waals surface area contributed by atoms with Crippen molar-refractivity contribution < 1.29 is 13.2 Å². The summed E-state index contributed by atoms with van der Waals surface area (Å²) in [5.74, 6) is -0.390. The Morgan fingerprint density at radius 3 is 2.04 bits per heavy atom. The summed E-state index contributed by atoms with van der Waals surface area (Å²) in [4.78, 5) is 12.4. The predicted molar refractivity (Wildman–Crippen MR) is 101 cm³/mol. The van der Waals surface area contributed by atoms with Gasteiger partial charge in [0.1, 0.15) is 0 Å². The van der Waals surface area contributed by atoms with Crippen molar-refractivity contribution in [1.29, 1.82) is 0 Å². The first-order chi connectivity index (χ1) is 11.6. The third-order valence-corrected chi connectivity index (χ3v) is 6.13. The first kappa shape index (κ1) is 19.7. The van der Waals surface area contributed by atoms with Crippen LogP contribution in [0.3, 0.4) is 0 Å². The number of sulfonamides is 1. The lowest BCUT2D eigenvalue weighted by Gasteiger charge is -2.21. The van der Waals surface area contributed by atoms with Crippen LogP contribution in [0.5, 0.6) is 0 Å². The van der Waals surface area contributed by atoms with Gasteiger partial charge >= 0.3 is 0 Å². The van der Waals surface area contributed by atoms with Gasteiger partial charge in [-0.25, -0.2) is 8.42 Å². The summed E-state index contributed by atoms with van der Waals surface area (Å²) < 4.78 is 26.1. The summed E-state index contributed by atoms with van der Waals surface area (Å²) in [6.07, 6.45) is 0. The van der Waals surface area contributed by atoms with Gasteiger partial charge in [-0.3, -0.25) is 4.79 Å². The number of benzene rings is 2. The molecule has 25 heavy (non-hydrogen) atoms. The van der Waals surface area contributed by atoms with Crippen molar-refractivity contribution in [3.8, 4) is 0 Å². The summed E-state index contributed by atoms with van der Waals surface area (Å²) in [7, 11) is -2.03. The van der Waals surface area contributed by atoms with Gasteiger partial charge in [-0.05, 0) is 56.3 Å². The van der Waals surface area contributed by atoms with E-state index < -0.39 is 10.0 Å². The zero-order valence-electron chi connectivity index (χ0n) is 14.0. The largest absolute Gasteiger partial charge is 0.322 e. The Morgan fingerprint density at radius 2 is 1.56 bits per heavy atom. The predicted octanol–water partition coefficient (Wildman–Crippen LogP) is 4.27. The summed E-state index contributed by atoms with van der Waals surface area (Å²) in [6.45, 7) is 3.59. The second kappa shape index (κ2) is 7.74. The minimum atomic E-state index is -3.56. The van der Waals surface area contributed by atoms with Crippen molar-refractivity contribution in [2.75, 3.05) is 12.4 Å². The number of carbonyl (C=O) groups is 1. The Balaban J connectivity index is 2.19. The Kier molecular flexibility index (Phi) is 6.11. The van der Waals surface area contributed by atoms with Gasteiger partial charge < -0.3 is 5.32 Å². The fraction of sp³-hybridized carbons (Fsp3) is 0.235. The fourth-order valence-corrected chi connectivity index (χ4v) is 3.94. The molecule has 0 heterocycles. The molecule has 0 bridgehead atoms. The van der Waals surface area contributed by atoms with Gasteiger partial charge in [0.2, 0.25) is 10.0 Å². The number of amides is 1. The lowest BCUT2D eigenvalue weighted by Crippen LogP contribution is -2.33. The molecule has 0 radical (unpaired) electrons. The fourth-order valence-electron chi connectivity index (χ4n) is 2.04. The van der Waals surface area contributed by atoms with Crippen LogP contribution >= 0.6 is 23.2 Å². The highest BCUT2D eigenvalue weighted by atomic mass is 35.5. The minimum Gasteiger partial charge on any atom is -0.322 e. The average molecular weight is 401 g/mol. The van der Waals surface area contributed by atoms with Crippen LogP contribution in [0.1, 0.15) is 24.2 Å². The van der Waals surface area contributed by atoms with Gasteiger partial charge in [0.05, 0.1) is 4.90 Å². The van der Waals surface area contributed by atoms with Gasteiger partial charge in [0, 0.05) is 34.4 Å². The summed E-state index contributed by atoms with van der Waals surface area (Å²) in [6, 6.07) is 10.3. The molecule has 0 aromatic heterocycles. The quantitative estimate of drug-likeness (QED) is 0.814. The van der Waals surface area contributed by atoms with Crippen LogP contribution in [0, 0.1) is 0 Å². The molecule has 2 rings (SSSR count). The van der Waals surface area contributed by atoms with Gasteiger partial charge in [0.25, 0.3) is 5.91 Å². The van der Waals surface area contributed by atoms with E-state index in [2.05, 4.69) is 5.32 Å². The van der Waals surface area contributed by atoms with E-state index in [-0.39, 0.29) is 16.8 Å². The molecule has 0 spiro atoms. The molecule has 1 amide bonds. The lowest BCUT2D eigenvalue weighted by molar-refractivity contribution is 0.102. The molecule has 0 unspecified atom stereocenters. The lowest BCUT2D eigenvalue weighted by atomic mass is 10.2. The van der Waals surface area contributed by atoms with Crippen molar-refractivity contribution in [2.24, 2.45) is 0 Å². The summed E-state index contributed by atoms with van der Waals surface area (Å²) in [5.41, 5.74) is 0.779. The van der Waals surface area contributed by atoms with Crippen LogP contribution in [0.15, 0.2) is 47.4 Å². The van der Waals surface area contributed by atoms with Crippen LogP contribution in [-0.2, 0) is 10.0 Å². The number of nitrogens with one attached hydrogen (secondary N) is 1. The Hall–Kier alpha value is -1.60. The highest BCUT2D eigenvalue weighted by Crippen LogP contribution is 2.22. The molecule has 134 valence electrons. The Morgan fingerprint density at radius 1 is 1.04 bits per heavy atom. The van der Waals surface area contributed by atoms with Crippen molar-refractivity contribution in [1.82, 2.24) is 4.31 Å². The smallest absolute Gasteiger partial charge is 0.255 e. The number of rotatable bonds is 5. The molecule has 0 atom stereocenters. The first-order valence-corrected chi connectivity index (χ1v) is 9.66. The van der Waals surface area contributed by atoms with Crippen LogP contribution < -0.4 is 5.32 Å². The van der Waals surface area contributed by atoms with Crippen molar-refractivity contribution in [3.63, 3.8) is 0 Å². The van der Waals surface area contributed by atoms with Gasteiger partial charge in [0.15, 0.2) is 0 Å². The molecule has 1 N–H and O–H groups in total. The minimum absolute atomic E-state index is 0.156. The van der Waals surface area contributed by atoms with Crippen LogP contribution in [0.4, 0.5) is 5.69 Å². The summed E-state index contributed by atoms with van der Waals surface area (Å²) >= 11 is 11.8. The van der Waals surface area contributed by atoms with Gasteiger partial charge in [-0.2, -0.15) is 4.31 Å². The number of anilines is 1. The first-order valence-electron chi connectivity index (χ1n) is 7.47. The molecule has 0 aliphatic heterocycles. The molecule has 8 heteroatoms. The molecule has 2 aromatic rings. The SMILES string of the molecule is CC(C)N(C)S(=O)(=O)c1ccc(NC(=O)c2cc(Cl)cc(Cl)c2)cc1.